The van der Waals surface area contributed by atoms with Gasteiger partial charge in [0.2, 0.25) is 0 Å². The predicted octanol–water partition coefficient (Wildman–Crippen LogP) is 1.86. The summed E-state index contributed by atoms with van der Waals surface area (Å²) in [6.45, 7) is 2.03. The van der Waals surface area contributed by atoms with Crippen LogP contribution in [0.4, 0.5) is 0 Å². The van der Waals surface area contributed by atoms with E-state index in [2.05, 4.69) is 11.1 Å². The Bertz CT molecular complexity index is 354. The predicted molar refractivity (Wildman–Crippen MR) is 64.4 cm³/mol. The summed E-state index contributed by atoms with van der Waals surface area (Å²) in [5, 5.41) is 0. The maximum Gasteiger partial charge on any atom is 0.0700 e. The molecule has 0 amide bonds. The van der Waals surface area contributed by atoms with Crippen LogP contribution in [0.1, 0.15) is 36.9 Å². The summed E-state index contributed by atoms with van der Waals surface area (Å²) in [6.07, 6.45) is 5.40. The highest BCUT2D eigenvalue weighted by Gasteiger charge is 2.29. The van der Waals surface area contributed by atoms with Gasteiger partial charge in [0.1, 0.15) is 0 Å². The lowest BCUT2D eigenvalue weighted by Gasteiger charge is -2.31. The van der Waals surface area contributed by atoms with Gasteiger partial charge in [0, 0.05) is 31.0 Å². The Labute approximate surface area is 97.0 Å². The molecule has 0 bridgehead atoms. The number of hydrogen-bond donors (Lipinski definition) is 1. The molecule has 1 aromatic heterocycles. The van der Waals surface area contributed by atoms with E-state index < -0.39 is 0 Å². The highest BCUT2D eigenvalue weighted by Crippen LogP contribution is 2.32. The summed E-state index contributed by atoms with van der Waals surface area (Å²) in [5.74, 6) is 0.347. The van der Waals surface area contributed by atoms with Crippen molar-refractivity contribution in [3.63, 3.8) is 0 Å². The second-order valence-electron chi connectivity index (χ2n) is 4.56. The van der Waals surface area contributed by atoms with E-state index in [1.807, 2.05) is 19.2 Å². The molecule has 0 aliphatic heterocycles. The fourth-order valence-corrected chi connectivity index (χ4v) is 2.50. The van der Waals surface area contributed by atoms with Gasteiger partial charge >= 0.3 is 0 Å². The Balaban J connectivity index is 2.24. The normalized spacial score (nSPS) is 23.6. The Kier molecular flexibility index (Phi) is 3.56. The van der Waals surface area contributed by atoms with E-state index in [9.17, 15) is 0 Å². The van der Waals surface area contributed by atoms with Gasteiger partial charge in [-0.25, -0.2) is 0 Å². The van der Waals surface area contributed by atoms with Crippen molar-refractivity contribution < 1.29 is 4.74 Å². The summed E-state index contributed by atoms with van der Waals surface area (Å²) in [5.41, 5.74) is 8.80. The number of fused-ring (bicyclic) bond motifs is 1. The number of pyridine rings is 1. The smallest absolute Gasteiger partial charge is 0.0700 e. The van der Waals surface area contributed by atoms with Crippen molar-refractivity contribution >= 4 is 0 Å². The van der Waals surface area contributed by atoms with Gasteiger partial charge in [0.15, 0.2) is 0 Å². The maximum atomic E-state index is 6.25. The summed E-state index contributed by atoms with van der Waals surface area (Å²) < 4.78 is 5.33. The minimum absolute atomic E-state index is 0.0407. The number of rotatable bonds is 3. The quantitative estimate of drug-likeness (QED) is 0.846. The zero-order valence-corrected chi connectivity index (χ0v) is 10.0. The second kappa shape index (κ2) is 4.93. The van der Waals surface area contributed by atoms with E-state index in [0.29, 0.717) is 5.92 Å². The molecule has 3 heteroatoms. The largest absolute Gasteiger partial charge is 0.380 e. The molecule has 1 heterocycles. The zero-order valence-electron chi connectivity index (χ0n) is 10.0. The molecule has 1 aliphatic carbocycles. The molecule has 88 valence electrons. The average Bonchev–Trinajstić information content (AvgIpc) is 2.36. The second-order valence-corrected chi connectivity index (χ2v) is 4.56. The van der Waals surface area contributed by atoms with Crippen LogP contribution >= 0.6 is 0 Å². The summed E-state index contributed by atoms with van der Waals surface area (Å²) >= 11 is 0. The Hall–Kier alpha value is -0.930. The lowest BCUT2D eigenvalue weighted by atomic mass is 9.81. The monoisotopic (exact) mass is 220 g/mol. The Morgan fingerprint density at radius 3 is 3.12 bits per heavy atom. The van der Waals surface area contributed by atoms with Gasteiger partial charge in [-0.1, -0.05) is 6.07 Å². The molecule has 0 saturated heterocycles. The summed E-state index contributed by atoms with van der Waals surface area (Å²) in [7, 11) is 1.71. The molecule has 1 aromatic rings. The molecular weight excluding hydrogens is 200 g/mol. The van der Waals surface area contributed by atoms with Crippen molar-refractivity contribution in [1.82, 2.24) is 4.98 Å². The van der Waals surface area contributed by atoms with E-state index >= 15 is 0 Å². The average molecular weight is 220 g/mol. The fourth-order valence-electron chi connectivity index (χ4n) is 2.50. The van der Waals surface area contributed by atoms with Crippen molar-refractivity contribution in [1.29, 1.82) is 0 Å². The van der Waals surface area contributed by atoms with Gasteiger partial charge in [-0.05, 0) is 37.8 Å². The number of ether oxygens (including phenoxy) is 1. The first-order valence-electron chi connectivity index (χ1n) is 5.96. The molecule has 2 N–H and O–H groups in total. The van der Waals surface area contributed by atoms with Crippen molar-refractivity contribution in [2.45, 2.75) is 44.2 Å². The SMILES string of the molecule is COC(C)C(N)C1CCCc2cccnc21. The Morgan fingerprint density at radius 2 is 2.38 bits per heavy atom. The maximum absolute atomic E-state index is 6.25. The molecule has 3 unspecified atom stereocenters. The molecule has 3 nitrogen and oxygen atoms in total. The summed E-state index contributed by atoms with van der Waals surface area (Å²) in [4.78, 5) is 4.50. The zero-order chi connectivity index (χ0) is 11.5. The van der Waals surface area contributed by atoms with Crippen LogP contribution in [0.2, 0.25) is 0 Å². The highest BCUT2D eigenvalue weighted by atomic mass is 16.5. The van der Waals surface area contributed by atoms with Crippen molar-refractivity contribution in [2.24, 2.45) is 5.73 Å². The van der Waals surface area contributed by atoms with E-state index in [4.69, 9.17) is 10.5 Å². The molecule has 0 fully saturated rings. The Morgan fingerprint density at radius 1 is 1.56 bits per heavy atom. The highest BCUT2D eigenvalue weighted by molar-refractivity contribution is 5.27. The van der Waals surface area contributed by atoms with Crippen LogP contribution < -0.4 is 5.73 Å². The van der Waals surface area contributed by atoms with Crippen LogP contribution in [0, 0.1) is 0 Å². The molecular formula is C13H20N2O. The van der Waals surface area contributed by atoms with Crippen molar-refractivity contribution in [3.05, 3.63) is 29.6 Å². The molecule has 0 saturated carbocycles. The first-order valence-corrected chi connectivity index (χ1v) is 5.96. The van der Waals surface area contributed by atoms with Crippen LogP contribution in [0.15, 0.2) is 18.3 Å². The first-order chi connectivity index (χ1) is 7.74. The molecule has 0 spiro atoms. The lowest BCUT2D eigenvalue weighted by molar-refractivity contribution is 0.0841. The van der Waals surface area contributed by atoms with Crippen LogP contribution in [0.3, 0.4) is 0 Å². The molecule has 3 atom stereocenters. The number of methoxy groups -OCH3 is 1. The third kappa shape index (κ3) is 2.11. The van der Waals surface area contributed by atoms with Crippen LogP contribution in [-0.2, 0) is 11.2 Å². The number of nitrogens with zero attached hydrogens (tertiary/aromatic N) is 1. The first kappa shape index (κ1) is 11.6. The van der Waals surface area contributed by atoms with Gasteiger partial charge in [-0.2, -0.15) is 0 Å². The topological polar surface area (TPSA) is 48.1 Å². The van der Waals surface area contributed by atoms with Crippen LogP contribution in [-0.4, -0.2) is 24.2 Å². The molecule has 16 heavy (non-hydrogen) atoms. The number of aryl methyl sites for hydroxylation is 1. The minimum atomic E-state index is 0.0407. The third-order valence-electron chi connectivity index (χ3n) is 3.62. The fraction of sp³-hybridized carbons (Fsp3) is 0.615. The van der Waals surface area contributed by atoms with Gasteiger partial charge in [-0.15, -0.1) is 0 Å². The van der Waals surface area contributed by atoms with Crippen LogP contribution in [0.25, 0.3) is 0 Å². The minimum Gasteiger partial charge on any atom is -0.380 e. The number of aromatic nitrogens is 1. The van der Waals surface area contributed by atoms with Gasteiger partial charge in [0.05, 0.1) is 6.10 Å². The van der Waals surface area contributed by atoms with E-state index in [1.165, 1.54) is 17.7 Å². The lowest BCUT2D eigenvalue weighted by Crippen LogP contribution is -2.41. The van der Waals surface area contributed by atoms with E-state index in [-0.39, 0.29) is 12.1 Å². The van der Waals surface area contributed by atoms with Gasteiger partial charge in [-0.3, -0.25) is 4.98 Å². The summed E-state index contributed by atoms with van der Waals surface area (Å²) in [6, 6.07) is 4.21. The van der Waals surface area contributed by atoms with Crippen molar-refractivity contribution in [2.75, 3.05) is 7.11 Å². The number of hydrogen-bond acceptors (Lipinski definition) is 3. The van der Waals surface area contributed by atoms with E-state index in [1.54, 1.807) is 7.11 Å². The van der Waals surface area contributed by atoms with Gasteiger partial charge < -0.3 is 10.5 Å². The van der Waals surface area contributed by atoms with E-state index in [0.717, 1.165) is 12.8 Å². The molecule has 0 radical (unpaired) electrons. The van der Waals surface area contributed by atoms with Crippen LogP contribution in [0.5, 0.6) is 0 Å². The molecule has 1 aliphatic rings. The van der Waals surface area contributed by atoms with Crippen molar-refractivity contribution in [3.8, 4) is 0 Å². The number of nitrogens with two attached hydrogens (primary N) is 1. The molecule has 0 aromatic carbocycles. The van der Waals surface area contributed by atoms with Gasteiger partial charge in [0.25, 0.3) is 0 Å². The third-order valence-corrected chi connectivity index (χ3v) is 3.62. The molecule has 2 rings (SSSR count). The standard InChI is InChI=1S/C13H20N2O/c1-9(16-2)12(14)11-7-3-5-10-6-4-8-15-13(10)11/h4,6,8-9,11-12H,3,5,7,14H2,1-2H3.